The summed E-state index contributed by atoms with van der Waals surface area (Å²) in [5, 5.41) is 11.6. The number of amides is 1. The fourth-order valence-electron chi connectivity index (χ4n) is 3.28. The summed E-state index contributed by atoms with van der Waals surface area (Å²) in [4.78, 5) is 12.5. The highest BCUT2D eigenvalue weighted by Gasteiger charge is 2.33. The van der Waals surface area contributed by atoms with E-state index in [0.29, 0.717) is 30.5 Å². The van der Waals surface area contributed by atoms with Gasteiger partial charge in [-0.15, -0.1) is 16.8 Å². The number of carbonyl (C=O) groups excluding carboxylic acids is 1. The quantitative estimate of drug-likeness (QED) is 0.461. The molecule has 162 valence electrons. The Morgan fingerprint density at radius 1 is 1.40 bits per heavy atom. The van der Waals surface area contributed by atoms with Crippen LogP contribution < -0.4 is 10.1 Å². The number of allylic oxidation sites excluding steroid dienone is 1. The number of carbonyl (C=O) groups is 1. The van der Waals surface area contributed by atoms with E-state index in [0.717, 1.165) is 11.3 Å². The summed E-state index contributed by atoms with van der Waals surface area (Å²) in [5.41, 5.74) is 0.973. The molecule has 0 radical (unpaired) electrons. The number of aromatic nitrogens is 3. The van der Waals surface area contributed by atoms with Crippen molar-refractivity contribution < 1.29 is 17.9 Å². The number of methoxy groups -OCH3 is 1. The zero-order valence-corrected chi connectivity index (χ0v) is 18.7. The number of benzene rings is 1. The van der Waals surface area contributed by atoms with Crippen LogP contribution in [0, 0.1) is 0 Å². The van der Waals surface area contributed by atoms with E-state index in [4.69, 9.17) is 4.74 Å². The third-order valence-electron chi connectivity index (χ3n) is 4.93. The molecule has 1 amide bonds. The molecule has 1 aromatic heterocycles. The molecule has 1 aliphatic heterocycles. The summed E-state index contributed by atoms with van der Waals surface area (Å²) in [6, 6.07) is 7.50. The lowest BCUT2D eigenvalue weighted by Crippen LogP contribution is -2.30. The predicted molar refractivity (Wildman–Crippen MR) is 116 cm³/mol. The van der Waals surface area contributed by atoms with Gasteiger partial charge in [-0.25, -0.2) is 8.42 Å². The van der Waals surface area contributed by atoms with Crippen LogP contribution in [0.4, 0.5) is 0 Å². The van der Waals surface area contributed by atoms with Crippen LogP contribution in [0.1, 0.15) is 30.7 Å². The molecule has 0 unspecified atom stereocenters. The van der Waals surface area contributed by atoms with Crippen molar-refractivity contribution in [2.45, 2.75) is 42.8 Å². The lowest BCUT2D eigenvalue weighted by atomic mass is 10.1. The SMILES string of the molecule is C=CCn1c(S[C@@H](C)C(=O)NCc2ccc(OC)cc2)nnc1[C@H]1CCS(=O)(=O)C1. The lowest BCUT2D eigenvalue weighted by Gasteiger charge is -2.14. The maximum absolute atomic E-state index is 12.5. The van der Waals surface area contributed by atoms with Crippen molar-refractivity contribution in [1.29, 1.82) is 0 Å². The molecular weight excluding hydrogens is 424 g/mol. The molecule has 2 atom stereocenters. The van der Waals surface area contributed by atoms with Gasteiger partial charge in [0.25, 0.3) is 0 Å². The first-order valence-corrected chi connectivity index (χ1v) is 12.3. The fraction of sp³-hybridized carbons (Fsp3) is 0.450. The average Bonchev–Trinajstić information content (AvgIpc) is 3.29. The van der Waals surface area contributed by atoms with Crippen LogP contribution in [0.5, 0.6) is 5.75 Å². The second kappa shape index (κ2) is 9.65. The van der Waals surface area contributed by atoms with Crippen molar-refractivity contribution in [3.8, 4) is 5.75 Å². The van der Waals surface area contributed by atoms with E-state index in [1.54, 1.807) is 20.1 Å². The number of nitrogens with one attached hydrogen (secondary N) is 1. The zero-order chi connectivity index (χ0) is 21.7. The molecule has 30 heavy (non-hydrogen) atoms. The van der Waals surface area contributed by atoms with Crippen LogP contribution in [0.3, 0.4) is 0 Å². The van der Waals surface area contributed by atoms with Gasteiger partial charge in [-0.3, -0.25) is 4.79 Å². The van der Waals surface area contributed by atoms with Crippen molar-refractivity contribution in [1.82, 2.24) is 20.1 Å². The molecule has 0 spiro atoms. The number of thioether (sulfide) groups is 1. The van der Waals surface area contributed by atoms with Crippen LogP contribution in [0.25, 0.3) is 0 Å². The number of nitrogens with zero attached hydrogens (tertiary/aromatic N) is 3. The minimum absolute atomic E-state index is 0.0881. The Hall–Kier alpha value is -2.33. The monoisotopic (exact) mass is 450 g/mol. The zero-order valence-electron chi connectivity index (χ0n) is 17.1. The second-order valence-electron chi connectivity index (χ2n) is 7.17. The maximum atomic E-state index is 12.5. The predicted octanol–water partition coefficient (Wildman–Crippen LogP) is 2.17. The smallest absolute Gasteiger partial charge is 0.233 e. The molecule has 0 bridgehead atoms. The van der Waals surface area contributed by atoms with Crippen LogP contribution in [-0.2, 0) is 27.7 Å². The Bertz CT molecular complexity index is 1000. The van der Waals surface area contributed by atoms with Crippen LogP contribution in [0.2, 0.25) is 0 Å². The van der Waals surface area contributed by atoms with E-state index < -0.39 is 15.1 Å². The second-order valence-corrected chi connectivity index (χ2v) is 10.7. The molecule has 1 aromatic carbocycles. The summed E-state index contributed by atoms with van der Waals surface area (Å²) in [6.45, 7) is 6.45. The molecular formula is C20H26N4O4S2. The van der Waals surface area contributed by atoms with Crippen molar-refractivity contribution in [2.24, 2.45) is 0 Å². The number of ether oxygens (including phenoxy) is 1. The van der Waals surface area contributed by atoms with Gasteiger partial charge in [0.15, 0.2) is 15.0 Å². The Balaban J connectivity index is 1.64. The molecule has 0 saturated carbocycles. The third kappa shape index (κ3) is 5.42. The molecule has 1 N–H and O–H groups in total. The van der Waals surface area contributed by atoms with Crippen molar-refractivity contribution in [2.75, 3.05) is 18.6 Å². The topological polar surface area (TPSA) is 103 Å². The minimum atomic E-state index is -3.03. The van der Waals surface area contributed by atoms with Crippen LogP contribution >= 0.6 is 11.8 Å². The summed E-state index contributed by atoms with van der Waals surface area (Å²) in [5.74, 6) is 1.38. The van der Waals surface area contributed by atoms with Crippen molar-refractivity contribution in [3.63, 3.8) is 0 Å². The van der Waals surface area contributed by atoms with Crippen LogP contribution in [0.15, 0.2) is 42.1 Å². The molecule has 1 saturated heterocycles. The van der Waals surface area contributed by atoms with E-state index in [9.17, 15) is 13.2 Å². The van der Waals surface area contributed by atoms with Crippen molar-refractivity contribution in [3.05, 3.63) is 48.3 Å². The van der Waals surface area contributed by atoms with E-state index in [2.05, 4.69) is 22.1 Å². The third-order valence-corrected chi connectivity index (χ3v) is 7.78. The number of rotatable bonds is 9. The maximum Gasteiger partial charge on any atom is 0.233 e. The molecule has 2 heterocycles. The van der Waals surface area contributed by atoms with Gasteiger partial charge >= 0.3 is 0 Å². The Morgan fingerprint density at radius 3 is 2.73 bits per heavy atom. The first kappa shape index (κ1) is 22.4. The Labute approximate surface area is 181 Å². The summed E-state index contributed by atoms with van der Waals surface area (Å²) >= 11 is 1.30. The van der Waals surface area contributed by atoms with Gasteiger partial charge in [0.1, 0.15) is 11.6 Å². The number of sulfone groups is 1. The largest absolute Gasteiger partial charge is 0.497 e. The average molecular weight is 451 g/mol. The molecule has 1 aliphatic rings. The molecule has 10 heteroatoms. The highest BCUT2D eigenvalue weighted by Crippen LogP contribution is 2.31. The molecule has 1 fully saturated rings. The van der Waals surface area contributed by atoms with Gasteiger partial charge < -0.3 is 14.6 Å². The fourth-order valence-corrected chi connectivity index (χ4v) is 5.91. The number of hydrogen-bond donors (Lipinski definition) is 1. The van der Waals surface area contributed by atoms with Gasteiger partial charge in [-0.1, -0.05) is 30.0 Å². The van der Waals surface area contributed by atoms with Crippen molar-refractivity contribution >= 4 is 27.5 Å². The highest BCUT2D eigenvalue weighted by atomic mass is 32.2. The minimum Gasteiger partial charge on any atom is -0.497 e. The Morgan fingerprint density at radius 2 is 2.13 bits per heavy atom. The Kier molecular flexibility index (Phi) is 7.19. The normalized spacial score (nSPS) is 18.7. The van der Waals surface area contributed by atoms with E-state index in [1.165, 1.54) is 11.8 Å². The highest BCUT2D eigenvalue weighted by molar-refractivity contribution is 8.00. The molecule has 0 aliphatic carbocycles. The first-order valence-electron chi connectivity index (χ1n) is 9.64. The molecule has 8 nitrogen and oxygen atoms in total. The molecule has 2 aromatic rings. The number of hydrogen-bond acceptors (Lipinski definition) is 7. The summed E-state index contributed by atoms with van der Waals surface area (Å²) in [7, 11) is -1.42. The van der Waals surface area contributed by atoms with Gasteiger partial charge in [-0.2, -0.15) is 0 Å². The molecule has 3 rings (SSSR count). The van der Waals surface area contributed by atoms with Gasteiger partial charge in [0.2, 0.25) is 5.91 Å². The lowest BCUT2D eigenvalue weighted by molar-refractivity contribution is -0.120. The summed E-state index contributed by atoms with van der Waals surface area (Å²) < 4.78 is 30.7. The van der Waals surface area contributed by atoms with E-state index in [-0.39, 0.29) is 23.3 Å². The standard InChI is InChI=1S/C20H26N4O4S2/c1-4-10-24-18(16-9-11-30(26,27)13-16)22-23-20(24)29-14(2)19(25)21-12-15-5-7-17(28-3)8-6-15/h4-8,14,16H,1,9-13H2,2-3H3,(H,21,25)/t14-,16-/m0/s1. The van der Waals surface area contributed by atoms with Crippen LogP contribution in [-0.4, -0.2) is 53.0 Å². The van der Waals surface area contributed by atoms with Gasteiger partial charge in [-0.05, 0) is 31.0 Å². The van der Waals surface area contributed by atoms with E-state index in [1.807, 2.05) is 28.8 Å². The summed E-state index contributed by atoms with van der Waals surface area (Å²) in [6.07, 6.45) is 2.26. The van der Waals surface area contributed by atoms with E-state index >= 15 is 0 Å². The van der Waals surface area contributed by atoms with Gasteiger partial charge in [0, 0.05) is 19.0 Å². The first-order chi connectivity index (χ1) is 14.3. The van der Waals surface area contributed by atoms with Gasteiger partial charge in [0.05, 0.1) is 23.9 Å².